The van der Waals surface area contributed by atoms with Crippen molar-refractivity contribution in [1.29, 1.82) is 0 Å². The number of anilines is 1. The topological polar surface area (TPSA) is 12.0 Å². The van der Waals surface area contributed by atoms with Gasteiger partial charge in [0.05, 0.1) is 11.1 Å². The zero-order valence-electron chi connectivity index (χ0n) is 20.2. The molecular formula is C30H25F6N. The zero-order chi connectivity index (χ0) is 26.8. The summed E-state index contributed by atoms with van der Waals surface area (Å²) in [5.41, 5.74) is 3.46. The van der Waals surface area contributed by atoms with Gasteiger partial charge in [-0.2, -0.15) is 26.3 Å². The van der Waals surface area contributed by atoms with E-state index in [1.165, 1.54) is 29.8 Å². The van der Waals surface area contributed by atoms with Gasteiger partial charge in [-0.3, -0.25) is 0 Å². The molecule has 1 aliphatic rings. The van der Waals surface area contributed by atoms with E-state index in [1.54, 1.807) is 6.08 Å². The number of allylic oxidation sites excluding steroid dienone is 3. The molecule has 0 fully saturated rings. The van der Waals surface area contributed by atoms with E-state index in [-0.39, 0.29) is 11.6 Å². The molecule has 1 N–H and O–H groups in total. The maximum absolute atomic E-state index is 13.4. The molecule has 0 aromatic heterocycles. The monoisotopic (exact) mass is 513 g/mol. The average Bonchev–Trinajstić information content (AvgIpc) is 2.84. The minimum Gasteiger partial charge on any atom is -0.378 e. The number of hydrogen-bond acceptors (Lipinski definition) is 1. The van der Waals surface area contributed by atoms with Gasteiger partial charge in [0.15, 0.2) is 0 Å². The number of rotatable bonds is 5. The molecule has 1 nitrogen and oxygen atoms in total. The summed E-state index contributed by atoms with van der Waals surface area (Å²) < 4.78 is 79.3. The fourth-order valence-electron chi connectivity index (χ4n) is 4.23. The summed E-state index contributed by atoms with van der Waals surface area (Å²) >= 11 is 0. The van der Waals surface area contributed by atoms with Crippen LogP contribution in [0.4, 0.5) is 32.0 Å². The standard InChI is InChI=1S/C30H25F6N/c1-19-6-15-28(20(2)16-19)37-26-13-7-21(8-14-26)17-27(22-9-11-24(12-10-22)29(31,32)33)23-4-3-5-25(18-23)30(34,35)36/h3-13,15-18,26,37H,14H2,1-2H3. The Hall–Kier alpha value is -3.74. The van der Waals surface area contributed by atoms with Gasteiger partial charge >= 0.3 is 12.4 Å². The van der Waals surface area contributed by atoms with Gasteiger partial charge in [-0.25, -0.2) is 0 Å². The SMILES string of the molecule is Cc1ccc(NC2C=CC(C=C(c3ccc(C(F)(F)F)cc3)c3cccc(C(F)(F)F)c3)=CC2)c(C)c1. The third-order valence-electron chi connectivity index (χ3n) is 6.19. The molecule has 0 bridgehead atoms. The van der Waals surface area contributed by atoms with Gasteiger partial charge in [0.2, 0.25) is 0 Å². The van der Waals surface area contributed by atoms with Crippen molar-refractivity contribution < 1.29 is 26.3 Å². The van der Waals surface area contributed by atoms with Crippen molar-refractivity contribution in [3.05, 3.63) is 130 Å². The molecule has 0 saturated heterocycles. The fourth-order valence-corrected chi connectivity index (χ4v) is 4.23. The van der Waals surface area contributed by atoms with Crippen LogP contribution >= 0.6 is 0 Å². The van der Waals surface area contributed by atoms with E-state index in [9.17, 15) is 26.3 Å². The highest BCUT2D eigenvalue weighted by molar-refractivity contribution is 5.82. The minimum atomic E-state index is -4.54. The van der Waals surface area contributed by atoms with E-state index in [1.807, 2.05) is 44.2 Å². The third kappa shape index (κ3) is 6.53. The lowest BCUT2D eigenvalue weighted by atomic mass is 9.92. The van der Waals surface area contributed by atoms with Gasteiger partial charge in [-0.05, 0) is 84.5 Å². The number of halogens is 6. The van der Waals surface area contributed by atoms with Crippen molar-refractivity contribution in [2.45, 2.75) is 38.7 Å². The van der Waals surface area contributed by atoms with Crippen LogP contribution < -0.4 is 5.32 Å². The Morgan fingerprint density at radius 1 is 0.811 bits per heavy atom. The molecule has 0 amide bonds. The van der Waals surface area contributed by atoms with Gasteiger partial charge in [0.1, 0.15) is 0 Å². The average molecular weight is 514 g/mol. The highest BCUT2D eigenvalue weighted by atomic mass is 19.4. The Kier molecular flexibility index (Phi) is 7.35. The minimum absolute atomic E-state index is 0.0293. The summed E-state index contributed by atoms with van der Waals surface area (Å²) in [7, 11) is 0. The maximum atomic E-state index is 13.4. The number of aryl methyl sites for hydroxylation is 2. The van der Waals surface area contributed by atoms with Crippen LogP contribution in [-0.2, 0) is 12.4 Å². The van der Waals surface area contributed by atoms with E-state index in [4.69, 9.17) is 0 Å². The van der Waals surface area contributed by atoms with Gasteiger partial charge in [-0.1, -0.05) is 60.2 Å². The van der Waals surface area contributed by atoms with Crippen LogP contribution in [0, 0.1) is 13.8 Å². The quantitative estimate of drug-likeness (QED) is 0.336. The lowest BCUT2D eigenvalue weighted by Gasteiger charge is -2.20. The number of nitrogens with one attached hydrogen (secondary N) is 1. The van der Waals surface area contributed by atoms with Gasteiger partial charge in [0, 0.05) is 11.7 Å². The van der Waals surface area contributed by atoms with Gasteiger partial charge in [0.25, 0.3) is 0 Å². The predicted molar refractivity (Wildman–Crippen MR) is 135 cm³/mol. The van der Waals surface area contributed by atoms with Crippen molar-refractivity contribution in [2.24, 2.45) is 0 Å². The van der Waals surface area contributed by atoms with E-state index in [0.29, 0.717) is 17.6 Å². The number of alkyl halides is 6. The first-order valence-electron chi connectivity index (χ1n) is 11.7. The van der Waals surface area contributed by atoms with Crippen LogP contribution in [-0.4, -0.2) is 6.04 Å². The molecule has 1 atom stereocenters. The Bertz CT molecular complexity index is 1360. The van der Waals surface area contributed by atoms with Crippen LogP contribution in [0.3, 0.4) is 0 Å². The predicted octanol–water partition coefficient (Wildman–Crippen LogP) is 9.14. The Morgan fingerprint density at radius 2 is 1.51 bits per heavy atom. The molecule has 3 aromatic carbocycles. The molecule has 0 spiro atoms. The first-order chi connectivity index (χ1) is 17.4. The fraction of sp³-hybridized carbons (Fsp3) is 0.200. The molecule has 0 radical (unpaired) electrons. The molecule has 7 heteroatoms. The molecular weight excluding hydrogens is 488 g/mol. The normalized spacial score (nSPS) is 16.5. The third-order valence-corrected chi connectivity index (χ3v) is 6.19. The second-order valence-corrected chi connectivity index (χ2v) is 9.08. The van der Waals surface area contributed by atoms with Crippen LogP contribution in [0.15, 0.2) is 96.6 Å². The molecule has 4 rings (SSSR count). The highest BCUT2D eigenvalue weighted by Gasteiger charge is 2.31. The van der Waals surface area contributed by atoms with Crippen molar-refractivity contribution >= 4 is 11.3 Å². The zero-order valence-corrected chi connectivity index (χ0v) is 20.2. The van der Waals surface area contributed by atoms with E-state index >= 15 is 0 Å². The van der Waals surface area contributed by atoms with E-state index < -0.39 is 23.5 Å². The Morgan fingerprint density at radius 3 is 2.11 bits per heavy atom. The molecule has 0 heterocycles. The van der Waals surface area contributed by atoms with Crippen molar-refractivity contribution in [3.63, 3.8) is 0 Å². The van der Waals surface area contributed by atoms with E-state index in [0.717, 1.165) is 41.1 Å². The largest absolute Gasteiger partial charge is 0.416 e. The smallest absolute Gasteiger partial charge is 0.378 e. The maximum Gasteiger partial charge on any atom is 0.416 e. The first-order valence-corrected chi connectivity index (χ1v) is 11.7. The number of benzene rings is 3. The van der Waals surface area contributed by atoms with Gasteiger partial charge < -0.3 is 5.32 Å². The second-order valence-electron chi connectivity index (χ2n) is 9.08. The summed E-state index contributed by atoms with van der Waals surface area (Å²) in [6.45, 7) is 4.05. The summed E-state index contributed by atoms with van der Waals surface area (Å²) in [5.74, 6) is 0. The molecule has 0 saturated carbocycles. The van der Waals surface area contributed by atoms with Gasteiger partial charge in [-0.15, -0.1) is 0 Å². The summed E-state index contributed by atoms with van der Waals surface area (Å²) in [6, 6.07) is 15.4. The number of hydrogen-bond donors (Lipinski definition) is 1. The Balaban J connectivity index is 1.65. The van der Waals surface area contributed by atoms with Crippen LogP contribution in [0.2, 0.25) is 0 Å². The van der Waals surface area contributed by atoms with Crippen molar-refractivity contribution in [3.8, 4) is 0 Å². The summed E-state index contributed by atoms with van der Waals surface area (Å²) in [6.07, 6.45) is -0.910. The lowest BCUT2D eigenvalue weighted by molar-refractivity contribution is -0.138. The second kappa shape index (κ2) is 10.3. The molecule has 37 heavy (non-hydrogen) atoms. The molecule has 0 aliphatic heterocycles. The molecule has 1 unspecified atom stereocenters. The van der Waals surface area contributed by atoms with E-state index in [2.05, 4.69) is 11.4 Å². The van der Waals surface area contributed by atoms with Crippen LogP contribution in [0.5, 0.6) is 0 Å². The van der Waals surface area contributed by atoms with Crippen molar-refractivity contribution in [2.75, 3.05) is 5.32 Å². The van der Waals surface area contributed by atoms with Crippen LogP contribution in [0.1, 0.15) is 39.8 Å². The first kappa shape index (κ1) is 26.3. The molecule has 192 valence electrons. The Labute approximate surface area is 211 Å². The molecule has 3 aromatic rings. The van der Waals surface area contributed by atoms with Crippen molar-refractivity contribution in [1.82, 2.24) is 0 Å². The highest BCUT2D eigenvalue weighted by Crippen LogP contribution is 2.35. The van der Waals surface area contributed by atoms with Crippen LogP contribution in [0.25, 0.3) is 5.57 Å². The summed E-state index contributed by atoms with van der Waals surface area (Å²) in [5, 5.41) is 3.47. The lowest BCUT2D eigenvalue weighted by Crippen LogP contribution is -2.18. The summed E-state index contributed by atoms with van der Waals surface area (Å²) in [4.78, 5) is 0. The molecule has 1 aliphatic carbocycles.